The van der Waals surface area contributed by atoms with E-state index in [4.69, 9.17) is 9.47 Å². The molecular formula is C24H33N3O3. The fourth-order valence-electron chi connectivity index (χ4n) is 4.05. The van der Waals surface area contributed by atoms with Crippen molar-refractivity contribution in [1.29, 1.82) is 0 Å². The van der Waals surface area contributed by atoms with Crippen LogP contribution in [0.5, 0.6) is 11.5 Å². The Morgan fingerprint density at radius 2 is 1.90 bits per heavy atom. The molecule has 6 nitrogen and oxygen atoms in total. The number of nitrogens with one attached hydrogen (secondary N) is 1. The molecule has 6 heteroatoms. The maximum atomic E-state index is 12.6. The van der Waals surface area contributed by atoms with Gasteiger partial charge in [0.2, 0.25) is 0 Å². The predicted octanol–water partition coefficient (Wildman–Crippen LogP) is 4.12. The summed E-state index contributed by atoms with van der Waals surface area (Å²) in [5, 5.41) is 2.96. The van der Waals surface area contributed by atoms with Gasteiger partial charge in [-0.15, -0.1) is 0 Å². The Bertz CT molecular complexity index is 810. The smallest absolute Gasteiger partial charge is 0.321 e. The zero-order valence-corrected chi connectivity index (χ0v) is 18.3. The molecule has 0 bridgehead atoms. The van der Waals surface area contributed by atoms with Crippen molar-refractivity contribution in [3.05, 3.63) is 54.1 Å². The molecule has 1 saturated heterocycles. The minimum absolute atomic E-state index is 0.0775. The Balaban J connectivity index is 1.46. The largest absolute Gasteiger partial charge is 0.497 e. The number of carbonyl (C=O) groups excluding carboxylic acids is 1. The number of nitrogens with zero attached hydrogens (tertiary/aromatic N) is 2. The molecule has 2 aromatic rings. The van der Waals surface area contributed by atoms with Crippen LogP contribution in [0, 0.1) is 5.92 Å². The second-order valence-corrected chi connectivity index (χ2v) is 7.91. The van der Waals surface area contributed by atoms with Gasteiger partial charge in [-0.1, -0.05) is 18.2 Å². The molecular weight excluding hydrogens is 378 g/mol. The lowest BCUT2D eigenvalue weighted by Gasteiger charge is -2.34. The summed E-state index contributed by atoms with van der Waals surface area (Å²) in [4.78, 5) is 16.9. The van der Waals surface area contributed by atoms with E-state index in [1.807, 2.05) is 43.4 Å². The van der Waals surface area contributed by atoms with Crippen LogP contribution in [0.2, 0.25) is 0 Å². The standard InChI is InChI=1S/C24H33N3O3/c1-26(24(28)25-21-10-12-22(29-2)13-11-21)17-19-7-6-15-27(18-19)16-14-20-8-4-5-9-23(20)30-3/h4-5,8-13,19H,6-7,14-18H2,1-3H3,(H,25,28)/t19-/m0/s1. The Kier molecular flexibility index (Phi) is 7.97. The van der Waals surface area contributed by atoms with Crippen LogP contribution < -0.4 is 14.8 Å². The van der Waals surface area contributed by atoms with Gasteiger partial charge in [0.05, 0.1) is 14.2 Å². The number of carbonyl (C=O) groups is 1. The van der Waals surface area contributed by atoms with Gasteiger partial charge in [0.1, 0.15) is 11.5 Å². The molecule has 30 heavy (non-hydrogen) atoms. The quantitative estimate of drug-likeness (QED) is 0.710. The van der Waals surface area contributed by atoms with E-state index >= 15 is 0 Å². The summed E-state index contributed by atoms with van der Waals surface area (Å²) in [5.74, 6) is 2.22. The number of benzene rings is 2. The molecule has 1 aliphatic rings. The lowest BCUT2D eigenvalue weighted by molar-refractivity contribution is 0.150. The third-order valence-corrected chi connectivity index (χ3v) is 5.71. The average Bonchev–Trinajstić information content (AvgIpc) is 2.78. The van der Waals surface area contributed by atoms with Crippen LogP contribution in [0.1, 0.15) is 18.4 Å². The molecule has 1 atom stereocenters. The second kappa shape index (κ2) is 10.9. The zero-order valence-electron chi connectivity index (χ0n) is 18.3. The van der Waals surface area contributed by atoms with Crippen LogP contribution in [0.3, 0.4) is 0 Å². The summed E-state index contributed by atoms with van der Waals surface area (Å²) in [6.07, 6.45) is 3.31. The summed E-state index contributed by atoms with van der Waals surface area (Å²) in [6.45, 7) is 3.91. The number of ether oxygens (including phenoxy) is 2. The van der Waals surface area contributed by atoms with Crippen LogP contribution in [0.4, 0.5) is 10.5 Å². The van der Waals surface area contributed by atoms with Crippen LogP contribution in [-0.4, -0.2) is 63.3 Å². The molecule has 1 heterocycles. The first-order valence-corrected chi connectivity index (χ1v) is 10.6. The molecule has 162 valence electrons. The summed E-state index contributed by atoms with van der Waals surface area (Å²) in [6, 6.07) is 15.5. The van der Waals surface area contributed by atoms with Crippen molar-refractivity contribution in [3.8, 4) is 11.5 Å². The molecule has 0 radical (unpaired) electrons. The van der Waals surface area contributed by atoms with Crippen molar-refractivity contribution in [2.24, 2.45) is 5.92 Å². The molecule has 2 aromatic carbocycles. The van der Waals surface area contributed by atoms with Gasteiger partial charge in [0, 0.05) is 32.4 Å². The topological polar surface area (TPSA) is 54.0 Å². The molecule has 0 spiro atoms. The van der Waals surface area contributed by atoms with Crippen molar-refractivity contribution >= 4 is 11.7 Å². The molecule has 1 fully saturated rings. The number of methoxy groups -OCH3 is 2. The highest BCUT2D eigenvalue weighted by Gasteiger charge is 2.23. The van der Waals surface area contributed by atoms with Gasteiger partial charge in [0.25, 0.3) is 0 Å². The first-order valence-electron chi connectivity index (χ1n) is 10.6. The van der Waals surface area contributed by atoms with Gasteiger partial charge in [0.15, 0.2) is 0 Å². The number of para-hydroxylation sites is 1. The van der Waals surface area contributed by atoms with Crippen molar-refractivity contribution in [2.45, 2.75) is 19.3 Å². The minimum Gasteiger partial charge on any atom is -0.497 e. The van der Waals surface area contributed by atoms with Gasteiger partial charge in [-0.3, -0.25) is 0 Å². The fraction of sp³-hybridized carbons (Fsp3) is 0.458. The van der Waals surface area contributed by atoms with Crippen LogP contribution >= 0.6 is 0 Å². The number of anilines is 1. The lowest BCUT2D eigenvalue weighted by atomic mass is 9.97. The van der Waals surface area contributed by atoms with Crippen LogP contribution in [0.25, 0.3) is 0 Å². The van der Waals surface area contributed by atoms with E-state index in [1.54, 1.807) is 19.1 Å². The number of urea groups is 1. The summed E-state index contributed by atoms with van der Waals surface area (Å²) in [7, 11) is 5.22. The van der Waals surface area contributed by atoms with Gasteiger partial charge in [-0.25, -0.2) is 4.79 Å². The van der Waals surface area contributed by atoms with E-state index < -0.39 is 0 Å². The van der Waals surface area contributed by atoms with Gasteiger partial charge in [-0.05, 0) is 67.6 Å². The fourth-order valence-corrected chi connectivity index (χ4v) is 4.05. The SMILES string of the molecule is COc1ccc(NC(=O)N(C)C[C@@H]2CCCN(CCc3ccccc3OC)C2)cc1. The molecule has 0 saturated carbocycles. The van der Waals surface area contributed by atoms with E-state index in [-0.39, 0.29) is 6.03 Å². The maximum Gasteiger partial charge on any atom is 0.321 e. The third-order valence-electron chi connectivity index (χ3n) is 5.71. The number of amides is 2. The van der Waals surface area contributed by atoms with Gasteiger partial charge >= 0.3 is 6.03 Å². The lowest BCUT2D eigenvalue weighted by Crippen LogP contribution is -2.43. The Labute approximate surface area is 179 Å². The molecule has 0 unspecified atom stereocenters. The van der Waals surface area contributed by atoms with Crippen molar-refractivity contribution in [2.75, 3.05) is 52.8 Å². The number of piperidine rings is 1. The highest BCUT2D eigenvalue weighted by atomic mass is 16.5. The first-order chi connectivity index (χ1) is 14.6. The minimum atomic E-state index is -0.0775. The number of likely N-dealkylation sites (tertiary alicyclic amines) is 1. The van der Waals surface area contributed by atoms with Gasteiger partial charge < -0.3 is 24.6 Å². The summed E-state index contributed by atoms with van der Waals surface area (Å²) >= 11 is 0. The predicted molar refractivity (Wildman–Crippen MR) is 121 cm³/mol. The Hall–Kier alpha value is -2.73. The zero-order chi connectivity index (χ0) is 21.3. The molecule has 3 rings (SSSR count). The van der Waals surface area contributed by atoms with Crippen molar-refractivity contribution in [1.82, 2.24) is 9.80 Å². The van der Waals surface area contributed by atoms with Gasteiger partial charge in [-0.2, -0.15) is 0 Å². The summed E-state index contributed by atoms with van der Waals surface area (Å²) in [5.41, 5.74) is 2.02. The van der Waals surface area contributed by atoms with E-state index in [2.05, 4.69) is 22.3 Å². The van der Waals surface area contributed by atoms with E-state index in [0.29, 0.717) is 5.92 Å². The maximum absolute atomic E-state index is 12.6. The molecule has 2 amide bonds. The second-order valence-electron chi connectivity index (χ2n) is 7.91. The average molecular weight is 412 g/mol. The van der Waals surface area contributed by atoms with Crippen molar-refractivity contribution < 1.29 is 14.3 Å². The first kappa shape index (κ1) is 22.0. The molecule has 0 aliphatic carbocycles. The number of hydrogen-bond acceptors (Lipinski definition) is 4. The highest BCUT2D eigenvalue weighted by Crippen LogP contribution is 2.21. The number of rotatable bonds is 8. The Morgan fingerprint density at radius 3 is 2.63 bits per heavy atom. The van der Waals surface area contributed by atoms with Crippen LogP contribution in [0.15, 0.2) is 48.5 Å². The molecule has 0 aromatic heterocycles. The third kappa shape index (κ3) is 6.13. The molecule has 1 N–H and O–H groups in total. The Morgan fingerprint density at radius 1 is 1.13 bits per heavy atom. The monoisotopic (exact) mass is 411 g/mol. The van der Waals surface area contributed by atoms with E-state index in [1.165, 1.54) is 12.0 Å². The number of hydrogen-bond donors (Lipinski definition) is 1. The summed E-state index contributed by atoms with van der Waals surface area (Å²) < 4.78 is 10.6. The van der Waals surface area contributed by atoms with E-state index in [9.17, 15) is 4.79 Å². The van der Waals surface area contributed by atoms with Crippen LogP contribution in [-0.2, 0) is 6.42 Å². The normalized spacial score (nSPS) is 16.7. The van der Waals surface area contributed by atoms with E-state index in [0.717, 1.165) is 56.2 Å². The highest BCUT2D eigenvalue weighted by molar-refractivity contribution is 5.89. The van der Waals surface area contributed by atoms with Crippen molar-refractivity contribution in [3.63, 3.8) is 0 Å². The molecule has 1 aliphatic heterocycles.